The van der Waals surface area contributed by atoms with Gasteiger partial charge in [0.2, 0.25) is 16.2 Å². The van der Waals surface area contributed by atoms with Crippen molar-refractivity contribution in [3.63, 3.8) is 0 Å². The Balaban J connectivity index is 1.56. The number of hydrogen-bond acceptors (Lipinski definition) is 9. The Morgan fingerprint density at radius 1 is 1.25 bits per heavy atom. The quantitative estimate of drug-likeness (QED) is 0.401. The molecule has 3 aromatic rings. The van der Waals surface area contributed by atoms with Crippen LogP contribution in [0.15, 0.2) is 32.2 Å². The van der Waals surface area contributed by atoms with Crippen molar-refractivity contribution in [2.24, 2.45) is 0 Å². The Labute approximate surface area is 175 Å². The van der Waals surface area contributed by atoms with Crippen molar-refractivity contribution in [2.75, 3.05) is 24.7 Å². The predicted octanol–water partition coefficient (Wildman–Crippen LogP) is 3.27. The van der Waals surface area contributed by atoms with E-state index < -0.39 is 0 Å². The molecule has 1 amide bonds. The molecule has 0 bridgehead atoms. The molecule has 0 aromatic carbocycles. The maximum atomic E-state index is 12.1. The van der Waals surface area contributed by atoms with Gasteiger partial charge in [-0.15, -0.1) is 21.5 Å². The normalized spacial score (nSPS) is 11.1. The van der Waals surface area contributed by atoms with E-state index in [2.05, 4.69) is 15.2 Å². The number of hydrogen-bond donors (Lipinski definition) is 1. The summed E-state index contributed by atoms with van der Waals surface area (Å²) in [5, 5.41) is 12.2. The lowest BCUT2D eigenvalue weighted by Gasteiger charge is -2.17. The van der Waals surface area contributed by atoms with Gasteiger partial charge in [-0.25, -0.2) is 9.66 Å². The molecule has 0 aliphatic carbocycles. The first-order valence-corrected chi connectivity index (χ1v) is 11.6. The molecule has 0 radical (unpaired) electrons. The highest BCUT2D eigenvalue weighted by Gasteiger charge is 2.16. The Bertz CT molecular complexity index is 931. The molecule has 28 heavy (non-hydrogen) atoms. The minimum absolute atomic E-state index is 0.0652. The summed E-state index contributed by atoms with van der Waals surface area (Å²) in [6, 6.07) is 3.84. The van der Waals surface area contributed by atoms with Crippen molar-refractivity contribution in [3.8, 4) is 10.8 Å². The topological polar surface area (TPSA) is 103 Å². The second-order valence-electron chi connectivity index (χ2n) is 5.83. The van der Waals surface area contributed by atoms with Crippen LogP contribution in [0.25, 0.3) is 10.8 Å². The molecule has 0 saturated heterocycles. The van der Waals surface area contributed by atoms with Gasteiger partial charge < -0.3 is 15.2 Å². The van der Waals surface area contributed by atoms with Gasteiger partial charge in [0.05, 0.1) is 11.4 Å². The molecular formula is C17H22N6O2S3. The molecule has 3 heterocycles. The van der Waals surface area contributed by atoms with Crippen LogP contribution in [0.5, 0.6) is 0 Å². The minimum atomic E-state index is 0.0652. The summed E-state index contributed by atoms with van der Waals surface area (Å²) < 4.78 is 7.03. The van der Waals surface area contributed by atoms with Crippen molar-refractivity contribution in [2.45, 2.75) is 36.8 Å². The molecule has 11 heteroatoms. The number of aromatic nitrogens is 4. The number of thiazole rings is 1. The zero-order chi connectivity index (χ0) is 20.1. The third-order valence-electron chi connectivity index (χ3n) is 3.93. The van der Waals surface area contributed by atoms with Gasteiger partial charge in [0.15, 0.2) is 10.8 Å². The number of nitrogens with zero attached hydrogens (tertiary/aromatic N) is 5. The van der Waals surface area contributed by atoms with E-state index in [1.54, 1.807) is 16.2 Å². The maximum absolute atomic E-state index is 12.1. The highest BCUT2D eigenvalue weighted by Crippen LogP contribution is 2.29. The van der Waals surface area contributed by atoms with Gasteiger partial charge in [0, 0.05) is 24.2 Å². The van der Waals surface area contributed by atoms with Crippen LogP contribution in [-0.4, -0.2) is 49.5 Å². The highest BCUT2D eigenvalue weighted by atomic mass is 32.2. The third-order valence-corrected chi connectivity index (χ3v) is 6.74. The van der Waals surface area contributed by atoms with Crippen molar-refractivity contribution >= 4 is 40.8 Å². The monoisotopic (exact) mass is 438 g/mol. The molecule has 3 rings (SSSR count). The van der Waals surface area contributed by atoms with Gasteiger partial charge >= 0.3 is 0 Å². The molecular weight excluding hydrogens is 416 g/mol. The summed E-state index contributed by atoms with van der Waals surface area (Å²) >= 11 is 4.29. The van der Waals surface area contributed by atoms with Crippen LogP contribution < -0.4 is 5.84 Å². The number of nitrogens with two attached hydrogens (primary N) is 1. The Hall–Kier alpha value is -1.98. The van der Waals surface area contributed by atoms with Crippen molar-refractivity contribution < 1.29 is 9.21 Å². The summed E-state index contributed by atoms with van der Waals surface area (Å²) in [7, 11) is 0. The number of carbonyl (C=O) groups is 1. The standard InChI is InChI=1S/C17H22N6O2S3/c1-4-22(5-2)14(24)10-28-17-21-20-16(23(17)18)27-9-12-8-26-15(19-12)13-7-6-11(3)25-13/h6-8H,4-5,9-10,18H2,1-3H3. The Morgan fingerprint density at radius 2 is 1.96 bits per heavy atom. The minimum Gasteiger partial charge on any atom is -0.459 e. The first-order valence-electron chi connectivity index (χ1n) is 8.76. The number of amides is 1. The lowest BCUT2D eigenvalue weighted by atomic mass is 10.4. The number of aryl methyl sites for hydroxylation is 1. The number of thioether (sulfide) groups is 2. The van der Waals surface area contributed by atoms with Gasteiger partial charge in [-0.3, -0.25) is 4.79 Å². The summed E-state index contributed by atoms with van der Waals surface area (Å²) in [6.07, 6.45) is 0. The molecule has 0 unspecified atom stereocenters. The Morgan fingerprint density at radius 3 is 2.61 bits per heavy atom. The Kier molecular flexibility index (Phi) is 7.03. The van der Waals surface area contributed by atoms with E-state index in [0.717, 1.165) is 22.2 Å². The zero-order valence-corrected chi connectivity index (χ0v) is 18.4. The van der Waals surface area contributed by atoms with Crippen LogP contribution in [0, 0.1) is 6.92 Å². The van der Waals surface area contributed by atoms with Gasteiger partial charge in [0.25, 0.3) is 0 Å². The molecule has 0 atom stereocenters. The van der Waals surface area contributed by atoms with Crippen LogP contribution in [-0.2, 0) is 10.5 Å². The summed E-state index contributed by atoms with van der Waals surface area (Å²) in [5.41, 5.74) is 0.924. The van der Waals surface area contributed by atoms with Gasteiger partial charge in [-0.1, -0.05) is 23.5 Å². The van der Waals surface area contributed by atoms with E-state index >= 15 is 0 Å². The molecule has 0 aliphatic heterocycles. The fourth-order valence-electron chi connectivity index (χ4n) is 2.43. The van der Waals surface area contributed by atoms with Crippen LogP contribution >= 0.6 is 34.9 Å². The summed E-state index contributed by atoms with van der Waals surface area (Å²) in [4.78, 5) is 18.5. The van der Waals surface area contributed by atoms with E-state index in [-0.39, 0.29) is 5.91 Å². The van der Waals surface area contributed by atoms with Gasteiger partial charge in [-0.05, 0) is 32.9 Å². The summed E-state index contributed by atoms with van der Waals surface area (Å²) in [6.45, 7) is 7.22. The zero-order valence-electron chi connectivity index (χ0n) is 15.9. The van der Waals surface area contributed by atoms with Crippen LogP contribution in [0.3, 0.4) is 0 Å². The van der Waals surface area contributed by atoms with E-state index in [0.29, 0.717) is 34.9 Å². The number of furan rings is 1. The van der Waals surface area contributed by atoms with E-state index in [1.165, 1.54) is 28.2 Å². The van der Waals surface area contributed by atoms with E-state index in [4.69, 9.17) is 10.3 Å². The van der Waals surface area contributed by atoms with Crippen molar-refractivity contribution in [1.29, 1.82) is 0 Å². The maximum Gasteiger partial charge on any atom is 0.233 e. The number of rotatable bonds is 9. The van der Waals surface area contributed by atoms with Crippen LogP contribution in [0.4, 0.5) is 0 Å². The van der Waals surface area contributed by atoms with E-state index in [9.17, 15) is 4.79 Å². The first-order chi connectivity index (χ1) is 13.5. The third kappa shape index (κ3) is 4.89. The molecule has 3 aromatic heterocycles. The molecule has 2 N–H and O–H groups in total. The lowest BCUT2D eigenvalue weighted by molar-refractivity contribution is -0.127. The second-order valence-corrected chi connectivity index (χ2v) is 8.58. The summed E-state index contributed by atoms with van der Waals surface area (Å²) in [5.74, 6) is 8.70. The largest absolute Gasteiger partial charge is 0.459 e. The van der Waals surface area contributed by atoms with Crippen molar-refractivity contribution in [1.82, 2.24) is 24.8 Å². The average molecular weight is 439 g/mol. The predicted molar refractivity (Wildman–Crippen MR) is 113 cm³/mol. The molecule has 0 spiro atoms. The number of nitrogen functional groups attached to an aromatic ring is 1. The van der Waals surface area contributed by atoms with E-state index in [1.807, 2.05) is 38.3 Å². The molecule has 8 nitrogen and oxygen atoms in total. The van der Waals surface area contributed by atoms with Crippen molar-refractivity contribution in [3.05, 3.63) is 29.0 Å². The fourth-order valence-corrected chi connectivity index (χ4v) is 4.88. The number of carbonyl (C=O) groups excluding carboxylic acids is 1. The van der Waals surface area contributed by atoms with Crippen LogP contribution in [0.2, 0.25) is 0 Å². The smallest absolute Gasteiger partial charge is 0.233 e. The molecule has 0 saturated carbocycles. The first kappa shape index (κ1) is 20.7. The molecule has 150 valence electrons. The highest BCUT2D eigenvalue weighted by molar-refractivity contribution is 8.00. The molecule has 0 aliphatic rings. The SMILES string of the molecule is CCN(CC)C(=O)CSc1nnc(SCc2csc(-c3ccc(C)o3)n2)n1N. The lowest BCUT2D eigenvalue weighted by Crippen LogP contribution is -2.32. The van der Waals surface area contributed by atoms with Crippen LogP contribution in [0.1, 0.15) is 25.3 Å². The van der Waals surface area contributed by atoms with Gasteiger partial charge in [0.1, 0.15) is 5.76 Å². The average Bonchev–Trinajstić information content (AvgIpc) is 3.40. The fraction of sp³-hybridized carbons (Fsp3) is 0.412. The second kappa shape index (κ2) is 9.48. The van der Waals surface area contributed by atoms with Gasteiger partial charge in [-0.2, -0.15) is 0 Å². The molecule has 0 fully saturated rings.